The number of benzene rings is 2. The lowest BCUT2D eigenvalue weighted by atomic mass is 10.1. The number of aryl methyl sites for hydroxylation is 2. The van der Waals surface area contributed by atoms with Gasteiger partial charge in [0.2, 0.25) is 0 Å². The first kappa shape index (κ1) is 16.8. The largest absolute Gasteiger partial charge is 0.348 e. The van der Waals surface area contributed by atoms with E-state index in [-0.39, 0.29) is 0 Å². The lowest BCUT2D eigenvalue weighted by Crippen LogP contribution is -2.31. The highest BCUT2D eigenvalue weighted by atomic mass is 35.5. The number of anilines is 1. The van der Waals surface area contributed by atoms with Crippen molar-refractivity contribution in [2.45, 2.75) is 27.3 Å². The molecule has 0 saturated carbocycles. The Morgan fingerprint density at radius 3 is 2.59 bits per heavy atom. The van der Waals surface area contributed by atoms with E-state index in [2.05, 4.69) is 37.4 Å². The Balaban J connectivity index is 2.07. The van der Waals surface area contributed by atoms with E-state index in [1.165, 1.54) is 16.7 Å². The minimum absolute atomic E-state index is 0.686. The van der Waals surface area contributed by atoms with Crippen molar-refractivity contribution < 1.29 is 0 Å². The van der Waals surface area contributed by atoms with E-state index < -0.39 is 0 Å². The maximum atomic E-state index is 6.15. The number of halogens is 1. The number of nitrogens with one attached hydrogen (secondary N) is 1. The molecule has 0 aliphatic carbocycles. The maximum absolute atomic E-state index is 6.15. The Hall–Kier alpha value is -1.58. The minimum atomic E-state index is 0.686. The smallest absolute Gasteiger partial charge is 0.173 e. The monoisotopic (exact) mass is 332 g/mol. The Morgan fingerprint density at radius 2 is 1.91 bits per heavy atom. The van der Waals surface area contributed by atoms with Gasteiger partial charge >= 0.3 is 0 Å². The van der Waals surface area contributed by atoms with E-state index in [1.807, 2.05) is 37.1 Å². The molecule has 4 heteroatoms. The molecule has 0 radical (unpaired) electrons. The Morgan fingerprint density at radius 1 is 1.18 bits per heavy atom. The Bertz CT molecular complexity index is 697. The van der Waals surface area contributed by atoms with Crippen molar-refractivity contribution >= 4 is 34.6 Å². The quantitative estimate of drug-likeness (QED) is 0.788. The van der Waals surface area contributed by atoms with Crippen LogP contribution in [0.4, 0.5) is 5.69 Å². The van der Waals surface area contributed by atoms with Crippen LogP contribution >= 0.6 is 23.8 Å². The first-order chi connectivity index (χ1) is 10.4. The zero-order valence-electron chi connectivity index (χ0n) is 13.4. The average Bonchev–Trinajstić information content (AvgIpc) is 2.46. The van der Waals surface area contributed by atoms with Crippen LogP contribution in [0.5, 0.6) is 0 Å². The molecule has 0 saturated heterocycles. The number of nitrogens with zero attached hydrogens (tertiary/aromatic N) is 1. The first-order valence-electron chi connectivity index (χ1n) is 7.22. The van der Waals surface area contributed by atoms with Crippen LogP contribution in [0.15, 0.2) is 36.4 Å². The van der Waals surface area contributed by atoms with Gasteiger partial charge in [-0.05, 0) is 61.8 Å². The molecule has 22 heavy (non-hydrogen) atoms. The summed E-state index contributed by atoms with van der Waals surface area (Å²) in [4.78, 5) is 2.04. The van der Waals surface area contributed by atoms with E-state index in [0.717, 1.165) is 22.8 Å². The standard InChI is InChI=1S/C18H21ClN2S/c1-12-8-9-15(13(2)10-12)11-21(4)18(22)20-17-7-5-6-16(19)14(17)3/h5-10H,11H2,1-4H3,(H,20,22). The zero-order valence-corrected chi connectivity index (χ0v) is 15.0. The fraction of sp³-hybridized carbons (Fsp3) is 0.278. The maximum Gasteiger partial charge on any atom is 0.173 e. The summed E-state index contributed by atoms with van der Waals surface area (Å²) < 4.78 is 0. The lowest BCUT2D eigenvalue weighted by molar-refractivity contribution is 0.507. The van der Waals surface area contributed by atoms with Crippen molar-refractivity contribution in [1.29, 1.82) is 0 Å². The number of rotatable bonds is 3. The van der Waals surface area contributed by atoms with E-state index in [4.69, 9.17) is 23.8 Å². The highest BCUT2D eigenvalue weighted by Gasteiger charge is 2.09. The summed E-state index contributed by atoms with van der Waals surface area (Å²) >= 11 is 11.6. The van der Waals surface area contributed by atoms with Gasteiger partial charge in [-0.1, -0.05) is 41.4 Å². The van der Waals surface area contributed by atoms with Gasteiger partial charge in [0.05, 0.1) is 0 Å². The second-order valence-corrected chi connectivity index (χ2v) is 6.42. The van der Waals surface area contributed by atoms with Crippen LogP contribution in [0, 0.1) is 20.8 Å². The topological polar surface area (TPSA) is 15.3 Å². The fourth-order valence-electron chi connectivity index (χ4n) is 2.30. The zero-order chi connectivity index (χ0) is 16.3. The van der Waals surface area contributed by atoms with Gasteiger partial charge in [-0.2, -0.15) is 0 Å². The molecular weight excluding hydrogens is 312 g/mol. The SMILES string of the molecule is Cc1ccc(CN(C)C(=S)Nc2cccc(Cl)c2C)c(C)c1. The molecule has 116 valence electrons. The van der Waals surface area contributed by atoms with Gasteiger partial charge in [-0.3, -0.25) is 0 Å². The molecule has 0 spiro atoms. The third-order valence-corrected chi connectivity index (χ3v) is 4.58. The average molecular weight is 333 g/mol. The van der Waals surface area contributed by atoms with Crippen LogP contribution in [0.3, 0.4) is 0 Å². The molecule has 2 rings (SSSR count). The third kappa shape index (κ3) is 3.99. The molecular formula is C18H21ClN2S. The second-order valence-electron chi connectivity index (χ2n) is 5.63. The van der Waals surface area contributed by atoms with Crippen LogP contribution in [-0.2, 0) is 6.54 Å². The van der Waals surface area contributed by atoms with E-state index >= 15 is 0 Å². The Labute approximate surface area is 143 Å². The molecule has 0 bridgehead atoms. The summed E-state index contributed by atoms with van der Waals surface area (Å²) in [5, 5.41) is 4.70. The normalized spacial score (nSPS) is 10.4. The summed E-state index contributed by atoms with van der Waals surface area (Å²) in [5.41, 5.74) is 5.80. The van der Waals surface area contributed by atoms with Gasteiger partial charge < -0.3 is 10.2 Å². The van der Waals surface area contributed by atoms with Crippen molar-refractivity contribution in [3.63, 3.8) is 0 Å². The Kier molecular flexibility index (Phi) is 5.43. The lowest BCUT2D eigenvalue weighted by Gasteiger charge is -2.23. The third-order valence-electron chi connectivity index (χ3n) is 3.76. The van der Waals surface area contributed by atoms with Gasteiger partial charge in [0, 0.05) is 24.3 Å². The van der Waals surface area contributed by atoms with Crippen molar-refractivity contribution in [2.24, 2.45) is 0 Å². The van der Waals surface area contributed by atoms with Crippen molar-refractivity contribution in [1.82, 2.24) is 4.90 Å². The minimum Gasteiger partial charge on any atom is -0.348 e. The van der Waals surface area contributed by atoms with Crippen LogP contribution in [0.25, 0.3) is 0 Å². The molecule has 0 heterocycles. The molecule has 1 N–H and O–H groups in total. The summed E-state index contributed by atoms with van der Waals surface area (Å²) in [6.45, 7) is 7.00. The van der Waals surface area contributed by atoms with Crippen molar-refractivity contribution in [3.8, 4) is 0 Å². The van der Waals surface area contributed by atoms with Gasteiger partial charge in [0.25, 0.3) is 0 Å². The van der Waals surface area contributed by atoms with Gasteiger partial charge in [-0.25, -0.2) is 0 Å². The van der Waals surface area contributed by atoms with Crippen molar-refractivity contribution in [3.05, 3.63) is 63.7 Å². The van der Waals surface area contributed by atoms with Crippen LogP contribution in [-0.4, -0.2) is 17.1 Å². The van der Waals surface area contributed by atoms with Gasteiger partial charge in [0.15, 0.2) is 5.11 Å². The molecule has 0 unspecified atom stereocenters. The molecule has 2 aromatic rings. The van der Waals surface area contributed by atoms with Crippen molar-refractivity contribution in [2.75, 3.05) is 12.4 Å². The number of hydrogen-bond donors (Lipinski definition) is 1. The molecule has 0 atom stereocenters. The number of thiocarbonyl (C=S) groups is 1. The predicted octanol–water partition coefficient (Wildman–Crippen LogP) is 5.09. The molecule has 2 nitrogen and oxygen atoms in total. The molecule has 2 aromatic carbocycles. The summed E-state index contributed by atoms with van der Waals surface area (Å²) in [5.74, 6) is 0. The second kappa shape index (κ2) is 7.12. The van der Waals surface area contributed by atoms with E-state index in [1.54, 1.807) is 0 Å². The molecule has 0 aromatic heterocycles. The molecule has 0 aliphatic rings. The fourth-order valence-corrected chi connectivity index (χ4v) is 2.65. The van der Waals surface area contributed by atoms with Crippen LogP contribution in [0.1, 0.15) is 22.3 Å². The summed E-state index contributed by atoms with van der Waals surface area (Å²) in [7, 11) is 1.99. The molecule has 0 aliphatic heterocycles. The van der Waals surface area contributed by atoms with E-state index in [0.29, 0.717) is 5.11 Å². The predicted molar refractivity (Wildman–Crippen MR) is 99.8 cm³/mol. The summed E-state index contributed by atoms with van der Waals surface area (Å²) in [6, 6.07) is 12.3. The van der Waals surface area contributed by atoms with Gasteiger partial charge in [0.1, 0.15) is 0 Å². The molecule has 0 fully saturated rings. The van der Waals surface area contributed by atoms with E-state index in [9.17, 15) is 0 Å². The van der Waals surface area contributed by atoms with Gasteiger partial charge in [-0.15, -0.1) is 0 Å². The highest BCUT2D eigenvalue weighted by molar-refractivity contribution is 7.80. The molecule has 0 amide bonds. The van der Waals surface area contributed by atoms with Crippen LogP contribution < -0.4 is 5.32 Å². The number of hydrogen-bond acceptors (Lipinski definition) is 1. The summed E-state index contributed by atoms with van der Waals surface area (Å²) in [6.07, 6.45) is 0. The first-order valence-corrected chi connectivity index (χ1v) is 8.00. The highest BCUT2D eigenvalue weighted by Crippen LogP contribution is 2.23. The van der Waals surface area contributed by atoms with Crippen LogP contribution in [0.2, 0.25) is 5.02 Å².